The molecule has 7 aromatic carbocycles. The van der Waals surface area contributed by atoms with Gasteiger partial charge in [-0.2, -0.15) is 0 Å². The first kappa shape index (κ1) is 44.7. The van der Waals surface area contributed by atoms with E-state index in [4.69, 9.17) is 0 Å². The predicted molar refractivity (Wildman–Crippen MR) is 297 cm³/mol. The Morgan fingerprint density at radius 3 is 1.38 bits per heavy atom. The van der Waals surface area contributed by atoms with Gasteiger partial charge in [-0.05, 0) is 143 Å². The molecule has 0 amide bonds. The molecule has 0 unspecified atom stereocenters. The number of benzene rings is 7. The lowest BCUT2D eigenvalue weighted by molar-refractivity contribution is 0.590. The number of aromatic nitrogens is 2. The molecule has 3 heteroatoms. The summed E-state index contributed by atoms with van der Waals surface area (Å²) in [7, 11) is 0. The van der Waals surface area contributed by atoms with E-state index in [-0.39, 0.29) is 39.2 Å². The number of nitrogens with zero attached hydrogens (tertiary/aromatic N) is 2. The predicted octanol–water partition coefficient (Wildman–Crippen LogP) is 15.5. The minimum Gasteiger partial charge on any atom is -0.310 e. The molecule has 9 aromatic rings. The fourth-order valence-electron chi connectivity index (χ4n) is 11.9. The third kappa shape index (κ3) is 6.65. The van der Waals surface area contributed by atoms with Gasteiger partial charge in [-0.15, -0.1) is 0 Å². The highest BCUT2D eigenvalue weighted by Gasteiger charge is 2.46. The van der Waals surface area contributed by atoms with Crippen molar-refractivity contribution in [2.75, 3.05) is 0 Å². The molecule has 0 aliphatic carbocycles. The second-order valence-corrected chi connectivity index (χ2v) is 26.4. The van der Waals surface area contributed by atoms with Gasteiger partial charge in [0.05, 0.1) is 16.6 Å². The molecule has 0 saturated heterocycles. The zero-order chi connectivity index (χ0) is 48.6. The van der Waals surface area contributed by atoms with Crippen LogP contribution in [0.5, 0.6) is 0 Å². The van der Waals surface area contributed by atoms with Crippen molar-refractivity contribution in [3.05, 3.63) is 160 Å². The van der Waals surface area contributed by atoms with E-state index in [9.17, 15) is 0 Å². The maximum atomic E-state index is 2.67. The van der Waals surface area contributed by atoms with Gasteiger partial charge in [0, 0.05) is 43.9 Å². The van der Waals surface area contributed by atoms with Gasteiger partial charge in [0.25, 0.3) is 0 Å². The van der Waals surface area contributed by atoms with E-state index in [1.54, 1.807) is 0 Å². The van der Waals surface area contributed by atoms with Crippen molar-refractivity contribution >= 4 is 66.7 Å². The van der Waals surface area contributed by atoms with Crippen molar-refractivity contribution in [3.8, 4) is 22.5 Å². The van der Waals surface area contributed by atoms with Gasteiger partial charge in [-0.1, -0.05) is 190 Å². The average molecular weight is 891 g/mol. The molecule has 11 rings (SSSR count). The Bertz CT molecular complexity index is 3570. The Hall–Kier alpha value is -5.80. The lowest BCUT2D eigenvalue weighted by Gasteiger charge is -2.42. The number of hydrogen-bond donors (Lipinski definition) is 0. The normalized spacial score (nSPS) is 14.9. The molecule has 0 bridgehead atoms. The van der Waals surface area contributed by atoms with E-state index in [2.05, 4.69) is 248 Å². The van der Waals surface area contributed by atoms with Gasteiger partial charge in [0.2, 0.25) is 6.71 Å². The van der Waals surface area contributed by atoms with Crippen molar-refractivity contribution in [3.63, 3.8) is 0 Å². The number of rotatable bonds is 2. The van der Waals surface area contributed by atoms with Crippen molar-refractivity contribution in [1.29, 1.82) is 0 Å². The summed E-state index contributed by atoms with van der Waals surface area (Å²) in [5.41, 5.74) is 24.0. The summed E-state index contributed by atoms with van der Waals surface area (Å²) in [6.45, 7) is 40.1. The second kappa shape index (κ2) is 14.2. The third-order valence-electron chi connectivity index (χ3n) is 16.2. The van der Waals surface area contributed by atoms with Crippen LogP contribution in [-0.4, -0.2) is 15.8 Å². The van der Waals surface area contributed by atoms with Crippen LogP contribution in [0.15, 0.2) is 121 Å². The molecule has 0 spiro atoms. The van der Waals surface area contributed by atoms with Crippen molar-refractivity contribution in [1.82, 2.24) is 9.13 Å². The first-order valence-corrected chi connectivity index (χ1v) is 25.3. The van der Waals surface area contributed by atoms with Gasteiger partial charge < -0.3 is 9.13 Å². The first-order valence-electron chi connectivity index (χ1n) is 25.3. The summed E-state index contributed by atoms with van der Waals surface area (Å²) in [4.78, 5) is 0. The van der Waals surface area contributed by atoms with Crippen LogP contribution in [-0.2, 0) is 32.5 Å². The van der Waals surface area contributed by atoms with Crippen LogP contribution in [0.1, 0.15) is 157 Å². The van der Waals surface area contributed by atoms with Gasteiger partial charge in [0.1, 0.15) is 0 Å². The maximum absolute atomic E-state index is 2.67. The molecule has 2 aliphatic rings. The van der Waals surface area contributed by atoms with Gasteiger partial charge in [0.15, 0.2) is 0 Å². The molecule has 0 radical (unpaired) electrons. The van der Waals surface area contributed by atoms with Gasteiger partial charge in [-0.3, -0.25) is 0 Å². The summed E-state index contributed by atoms with van der Waals surface area (Å²) in [6.07, 6.45) is 0. The molecule has 2 nitrogen and oxygen atoms in total. The smallest absolute Gasteiger partial charge is 0.247 e. The van der Waals surface area contributed by atoms with Crippen LogP contribution >= 0.6 is 0 Å². The van der Waals surface area contributed by atoms with Crippen LogP contribution in [0.3, 0.4) is 0 Å². The highest BCUT2D eigenvalue weighted by molar-refractivity contribution is 6.99. The van der Waals surface area contributed by atoms with Crippen molar-refractivity contribution in [2.24, 2.45) is 0 Å². The molecule has 4 heterocycles. The molecule has 344 valence electrons. The first-order chi connectivity index (χ1) is 31.6. The monoisotopic (exact) mass is 891 g/mol. The van der Waals surface area contributed by atoms with E-state index in [1.807, 2.05) is 0 Å². The highest BCUT2D eigenvalue weighted by atomic mass is 15.0. The largest absolute Gasteiger partial charge is 0.310 e. The Morgan fingerprint density at radius 1 is 0.368 bits per heavy atom. The summed E-state index contributed by atoms with van der Waals surface area (Å²) in [5.74, 6) is 0. The maximum Gasteiger partial charge on any atom is 0.247 e. The minimum atomic E-state index is -0.319. The second-order valence-electron chi connectivity index (χ2n) is 26.4. The average Bonchev–Trinajstić information content (AvgIpc) is 3.76. The summed E-state index contributed by atoms with van der Waals surface area (Å²) < 4.78 is 5.22. The van der Waals surface area contributed by atoms with Crippen LogP contribution < -0.4 is 16.4 Å². The standard InChI is InChI=1S/C65H71BN2/c1-60(2,3)40-20-18-38(19-21-40)39-30-51-58-57(31-39)68-55-29-25-43(63(10,11)12)33-47(55)49-34-44(64(13,14)15)35-53(59(49)68)66(58)52-36-48-46-32-42(62(7,8)9)24-28-54(46)67(56(48)37-50(52)65(51,16)17)45-26-22-41(23-27-45)61(4,5)6/h18-37H,1-17H3. The highest BCUT2D eigenvalue weighted by Crippen LogP contribution is 2.46. The molecule has 0 saturated carbocycles. The molecular formula is C65H71BN2. The molecule has 2 aromatic heterocycles. The van der Waals surface area contributed by atoms with Crippen LogP contribution in [0.4, 0.5) is 0 Å². The topological polar surface area (TPSA) is 9.86 Å². The Kier molecular flexibility index (Phi) is 9.30. The van der Waals surface area contributed by atoms with Crippen LogP contribution in [0, 0.1) is 0 Å². The van der Waals surface area contributed by atoms with Crippen molar-refractivity contribution in [2.45, 2.75) is 150 Å². The van der Waals surface area contributed by atoms with E-state index >= 15 is 0 Å². The molecule has 0 fully saturated rings. The summed E-state index contributed by atoms with van der Waals surface area (Å²) >= 11 is 0. The Balaban J connectivity index is 1.29. The lowest BCUT2D eigenvalue weighted by atomic mass is 9.30. The van der Waals surface area contributed by atoms with Gasteiger partial charge in [-0.25, -0.2) is 0 Å². The Morgan fingerprint density at radius 2 is 0.838 bits per heavy atom. The fraction of sp³-hybridized carbons (Fsp3) is 0.354. The van der Waals surface area contributed by atoms with E-state index in [0.29, 0.717) is 0 Å². The van der Waals surface area contributed by atoms with Crippen LogP contribution in [0.2, 0.25) is 0 Å². The van der Waals surface area contributed by atoms with Crippen molar-refractivity contribution < 1.29 is 0 Å². The quantitative estimate of drug-likeness (QED) is 0.153. The summed E-state index contributed by atoms with van der Waals surface area (Å²) in [5, 5.41) is 5.35. The van der Waals surface area contributed by atoms with E-state index in [0.717, 1.165) is 0 Å². The molecule has 0 atom stereocenters. The minimum absolute atomic E-state index is 0.00836. The van der Waals surface area contributed by atoms with E-state index < -0.39 is 0 Å². The van der Waals surface area contributed by atoms with Crippen LogP contribution in [0.25, 0.3) is 66.1 Å². The SMILES string of the molecule is CC(C)(C)c1ccc(-c2cc3c4c(c2)C(C)(C)c2cc5c(cc2B4c2cc(C(C)(C)C)cc4c6cc(C(C)(C)C)ccc6n-3c24)c2cc(C(C)(C)C)ccc2n5-c2ccc(C(C)(C)C)cc2)cc1. The zero-order valence-electron chi connectivity index (χ0n) is 44.0. The molecular weight excluding hydrogens is 820 g/mol. The van der Waals surface area contributed by atoms with E-state index in [1.165, 1.54) is 121 Å². The third-order valence-corrected chi connectivity index (χ3v) is 16.2. The fourth-order valence-corrected chi connectivity index (χ4v) is 11.9. The molecule has 2 aliphatic heterocycles. The molecule has 0 N–H and O–H groups in total. The lowest BCUT2D eigenvalue weighted by Crippen LogP contribution is -2.63. The Labute approximate surface area is 406 Å². The number of hydrogen-bond acceptors (Lipinski definition) is 0. The zero-order valence-corrected chi connectivity index (χ0v) is 44.0. The summed E-state index contributed by atoms with van der Waals surface area (Å²) in [6, 6.07) is 48.9. The molecule has 68 heavy (non-hydrogen) atoms. The van der Waals surface area contributed by atoms with Gasteiger partial charge >= 0.3 is 0 Å². The number of fused-ring (bicyclic) bond motifs is 10.